The second-order valence-electron chi connectivity index (χ2n) is 4.09. The number of carbonyl (C=O) groups is 1. The summed E-state index contributed by atoms with van der Waals surface area (Å²) in [4.78, 5) is 11.3. The minimum Gasteiger partial charge on any atom is -0.429 e. The van der Waals surface area contributed by atoms with Crippen LogP contribution in [-0.4, -0.2) is 6.16 Å². The molecule has 0 saturated carbocycles. The Morgan fingerprint density at radius 1 is 0.850 bits per heavy atom. The van der Waals surface area contributed by atoms with Crippen LogP contribution in [0.5, 0.6) is 0 Å². The van der Waals surface area contributed by atoms with E-state index in [-0.39, 0.29) is 13.2 Å². The van der Waals surface area contributed by atoms with E-state index in [1.807, 2.05) is 0 Å². The molecule has 2 aromatic rings. The van der Waals surface area contributed by atoms with Gasteiger partial charge in [0.15, 0.2) is 0 Å². The highest BCUT2D eigenvalue weighted by molar-refractivity contribution is 5.59. The molecule has 2 aromatic carbocycles. The van der Waals surface area contributed by atoms with Crippen molar-refractivity contribution in [3.8, 4) is 0 Å². The summed E-state index contributed by atoms with van der Waals surface area (Å²) >= 11 is 0. The third-order valence-corrected chi connectivity index (χ3v) is 2.49. The zero-order chi connectivity index (χ0) is 14.4. The monoisotopic (exact) mass is 278 g/mol. The van der Waals surface area contributed by atoms with Crippen molar-refractivity contribution in [3.05, 3.63) is 71.3 Å². The topological polar surface area (TPSA) is 35.5 Å². The quantitative estimate of drug-likeness (QED) is 0.798. The van der Waals surface area contributed by atoms with E-state index in [4.69, 9.17) is 9.47 Å². The van der Waals surface area contributed by atoms with Crippen molar-refractivity contribution in [1.29, 1.82) is 0 Å². The zero-order valence-corrected chi connectivity index (χ0v) is 10.5. The SMILES string of the molecule is O=C(OCc1cccc(F)c1)OCc1cccc(F)c1. The summed E-state index contributed by atoms with van der Waals surface area (Å²) in [6.45, 7) is -0.167. The molecule has 0 N–H and O–H groups in total. The first kappa shape index (κ1) is 14.0. The van der Waals surface area contributed by atoms with Crippen LogP contribution in [0, 0.1) is 11.6 Å². The van der Waals surface area contributed by atoms with Gasteiger partial charge in [-0.05, 0) is 35.4 Å². The Balaban J connectivity index is 1.78. The third kappa shape index (κ3) is 4.35. The van der Waals surface area contributed by atoms with Crippen LogP contribution in [0.15, 0.2) is 48.5 Å². The molecule has 0 saturated heterocycles. The summed E-state index contributed by atoms with van der Waals surface area (Å²) in [7, 11) is 0. The molecule has 0 aliphatic rings. The van der Waals surface area contributed by atoms with E-state index in [1.54, 1.807) is 12.1 Å². The van der Waals surface area contributed by atoms with E-state index in [9.17, 15) is 13.6 Å². The summed E-state index contributed by atoms with van der Waals surface area (Å²) in [6, 6.07) is 11.4. The van der Waals surface area contributed by atoms with Crippen LogP contribution in [0.2, 0.25) is 0 Å². The van der Waals surface area contributed by atoms with Gasteiger partial charge in [-0.25, -0.2) is 13.6 Å². The standard InChI is InChI=1S/C15H12F2O3/c16-13-5-1-3-11(7-13)9-19-15(18)20-10-12-4-2-6-14(17)8-12/h1-8H,9-10H2. The van der Waals surface area contributed by atoms with E-state index in [1.165, 1.54) is 36.4 Å². The van der Waals surface area contributed by atoms with Crippen LogP contribution < -0.4 is 0 Å². The Labute approximate surface area is 114 Å². The van der Waals surface area contributed by atoms with Crippen molar-refractivity contribution in [3.63, 3.8) is 0 Å². The zero-order valence-electron chi connectivity index (χ0n) is 10.5. The Hall–Kier alpha value is -2.43. The van der Waals surface area contributed by atoms with E-state index in [2.05, 4.69) is 0 Å². The number of hydrogen-bond acceptors (Lipinski definition) is 3. The van der Waals surface area contributed by atoms with Gasteiger partial charge in [-0.15, -0.1) is 0 Å². The van der Waals surface area contributed by atoms with Gasteiger partial charge in [0.1, 0.15) is 24.8 Å². The largest absolute Gasteiger partial charge is 0.508 e. The Morgan fingerprint density at radius 3 is 1.70 bits per heavy atom. The molecule has 0 bridgehead atoms. The maximum atomic E-state index is 12.9. The fraction of sp³-hybridized carbons (Fsp3) is 0.133. The number of carbonyl (C=O) groups excluding carboxylic acids is 1. The molecule has 20 heavy (non-hydrogen) atoms. The number of ether oxygens (including phenoxy) is 2. The lowest BCUT2D eigenvalue weighted by molar-refractivity contribution is 0.0445. The maximum Gasteiger partial charge on any atom is 0.508 e. The van der Waals surface area contributed by atoms with Gasteiger partial charge in [0.2, 0.25) is 0 Å². The normalized spacial score (nSPS) is 10.1. The lowest BCUT2D eigenvalue weighted by Crippen LogP contribution is -2.07. The van der Waals surface area contributed by atoms with Crippen molar-refractivity contribution >= 4 is 6.16 Å². The van der Waals surface area contributed by atoms with Gasteiger partial charge in [-0.1, -0.05) is 24.3 Å². The molecule has 0 fully saturated rings. The first-order valence-corrected chi connectivity index (χ1v) is 5.92. The molecule has 104 valence electrons. The van der Waals surface area contributed by atoms with Crippen LogP contribution in [0.3, 0.4) is 0 Å². The van der Waals surface area contributed by atoms with Crippen molar-refractivity contribution < 1.29 is 23.0 Å². The molecule has 0 aliphatic carbocycles. The van der Waals surface area contributed by atoms with Gasteiger partial charge in [0.05, 0.1) is 0 Å². The fourth-order valence-electron chi connectivity index (χ4n) is 1.58. The molecule has 0 aliphatic heterocycles. The van der Waals surface area contributed by atoms with Crippen molar-refractivity contribution in [2.45, 2.75) is 13.2 Å². The second-order valence-corrected chi connectivity index (χ2v) is 4.09. The smallest absolute Gasteiger partial charge is 0.429 e. The van der Waals surface area contributed by atoms with Gasteiger partial charge in [-0.3, -0.25) is 0 Å². The van der Waals surface area contributed by atoms with Gasteiger partial charge < -0.3 is 9.47 Å². The van der Waals surface area contributed by atoms with Crippen molar-refractivity contribution in [2.24, 2.45) is 0 Å². The van der Waals surface area contributed by atoms with Crippen LogP contribution >= 0.6 is 0 Å². The Bertz CT molecular complexity index is 548. The number of hydrogen-bond donors (Lipinski definition) is 0. The molecule has 0 radical (unpaired) electrons. The van der Waals surface area contributed by atoms with Gasteiger partial charge in [0, 0.05) is 0 Å². The van der Waals surface area contributed by atoms with E-state index >= 15 is 0 Å². The van der Waals surface area contributed by atoms with Gasteiger partial charge in [0.25, 0.3) is 0 Å². The summed E-state index contributed by atoms with van der Waals surface area (Å²) in [5.41, 5.74) is 1.04. The summed E-state index contributed by atoms with van der Waals surface area (Å²) in [5, 5.41) is 0. The maximum absolute atomic E-state index is 12.9. The highest BCUT2D eigenvalue weighted by Gasteiger charge is 2.06. The average molecular weight is 278 g/mol. The predicted octanol–water partition coefficient (Wildman–Crippen LogP) is 3.82. The second kappa shape index (κ2) is 6.65. The highest BCUT2D eigenvalue weighted by atomic mass is 19.1. The van der Waals surface area contributed by atoms with Gasteiger partial charge in [-0.2, -0.15) is 0 Å². The molecule has 0 atom stereocenters. The molecule has 5 heteroatoms. The van der Waals surface area contributed by atoms with Crippen molar-refractivity contribution in [1.82, 2.24) is 0 Å². The first-order chi connectivity index (χ1) is 9.63. The van der Waals surface area contributed by atoms with E-state index in [0.717, 1.165) is 0 Å². The molecule has 0 amide bonds. The van der Waals surface area contributed by atoms with E-state index < -0.39 is 17.8 Å². The van der Waals surface area contributed by atoms with Crippen LogP contribution in [0.1, 0.15) is 11.1 Å². The Morgan fingerprint density at radius 2 is 1.30 bits per heavy atom. The molecule has 0 spiro atoms. The fourth-order valence-corrected chi connectivity index (χ4v) is 1.58. The molecule has 0 unspecified atom stereocenters. The number of rotatable bonds is 4. The van der Waals surface area contributed by atoms with Crippen LogP contribution in [0.25, 0.3) is 0 Å². The highest BCUT2D eigenvalue weighted by Crippen LogP contribution is 2.08. The molecular formula is C15H12F2O3. The number of benzene rings is 2. The molecular weight excluding hydrogens is 266 g/mol. The molecule has 2 rings (SSSR count). The molecule has 3 nitrogen and oxygen atoms in total. The molecule has 0 aromatic heterocycles. The predicted molar refractivity (Wildman–Crippen MR) is 67.8 cm³/mol. The van der Waals surface area contributed by atoms with Gasteiger partial charge >= 0.3 is 6.16 Å². The Kier molecular flexibility index (Phi) is 4.65. The number of halogens is 2. The summed E-state index contributed by atoms with van der Waals surface area (Å²) in [6.07, 6.45) is -0.890. The minimum absolute atomic E-state index is 0.0836. The lowest BCUT2D eigenvalue weighted by atomic mass is 10.2. The summed E-state index contributed by atoms with van der Waals surface area (Å²) < 4.78 is 35.4. The van der Waals surface area contributed by atoms with Crippen molar-refractivity contribution in [2.75, 3.05) is 0 Å². The summed E-state index contributed by atoms with van der Waals surface area (Å²) in [5.74, 6) is -0.807. The molecule has 0 heterocycles. The minimum atomic E-state index is -0.890. The van der Waals surface area contributed by atoms with Crippen LogP contribution in [0.4, 0.5) is 13.6 Å². The lowest BCUT2D eigenvalue weighted by Gasteiger charge is -2.06. The van der Waals surface area contributed by atoms with E-state index in [0.29, 0.717) is 11.1 Å². The third-order valence-electron chi connectivity index (χ3n) is 2.49. The first-order valence-electron chi connectivity index (χ1n) is 5.92. The van der Waals surface area contributed by atoms with Crippen LogP contribution in [-0.2, 0) is 22.7 Å². The average Bonchev–Trinajstić information content (AvgIpc) is 2.43.